The Kier molecular flexibility index (Phi) is 10.5. The minimum absolute atomic E-state index is 0.0565. The predicted molar refractivity (Wildman–Crippen MR) is 162 cm³/mol. The molecule has 0 aliphatic carbocycles. The number of aliphatic hydroxyl groups excluding tert-OH is 1. The Bertz CT molecular complexity index is 1700. The first kappa shape index (κ1) is 34.9. The van der Waals surface area contributed by atoms with Gasteiger partial charge in [-0.2, -0.15) is 18.9 Å². The molecule has 2 saturated heterocycles. The number of carbonyl (C=O) groups is 2. The molecular formula is C30H33F2N4O11P. The molecular weight excluding hydrogens is 661 g/mol. The molecule has 258 valence electrons. The summed E-state index contributed by atoms with van der Waals surface area (Å²) in [5.41, 5.74) is -1.54. The van der Waals surface area contributed by atoms with Crippen LogP contribution < -0.4 is 20.6 Å². The molecule has 2 aliphatic rings. The topological polar surface area (TPSA) is 186 Å². The maximum Gasteiger partial charge on any atom is 0.509 e. The smallest absolute Gasteiger partial charge is 0.458 e. The first-order valence-corrected chi connectivity index (χ1v) is 16.2. The summed E-state index contributed by atoms with van der Waals surface area (Å²) in [4.78, 5) is 41.5. The van der Waals surface area contributed by atoms with Gasteiger partial charge in [-0.25, -0.2) is 14.2 Å². The molecule has 2 fully saturated rings. The number of para-hydroxylation sites is 1. The number of cyclic esters (lactones) is 1. The number of hydrogen-bond acceptors (Lipinski definition) is 13. The number of aliphatic hydroxyl groups is 1. The monoisotopic (exact) mass is 694 g/mol. The fourth-order valence-electron chi connectivity index (χ4n) is 5.00. The van der Waals surface area contributed by atoms with Crippen LogP contribution in [0.2, 0.25) is 0 Å². The van der Waals surface area contributed by atoms with Crippen LogP contribution >= 0.6 is 7.75 Å². The number of nitrogens with one attached hydrogen (secondary N) is 2. The normalized spacial score (nSPS) is 23.9. The third kappa shape index (κ3) is 8.35. The van der Waals surface area contributed by atoms with Gasteiger partial charge in [0.2, 0.25) is 12.3 Å². The van der Waals surface area contributed by atoms with Crippen LogP contribution in [0.25, 0.3) is 0 Å². The zero-order valence-electron chi connectivity index (χ0n) is 25.7. The van der Waals surface area contributed by atoms with Crippen LogP contribution in [0.1, 0.15) is 32.1 Å². The van der Waals surface area contributed by atoms with E-state index < -0.39 is 74.9 Å². The Labute approximate surface area is 272 Å². The van der Waals surface area contributed by atoms with E-state index in [-0.39, 0.29) is 24.6 Å². The molecule has 3 heterocycles. The van der Waals surface area contributed by atoms with Gasteiger partial charge in [-0.3, -0.25) is 13.9 Å². The quantitative estimate of drug-likeness (QED) is 0.133. The zero-order chi connectivity index (χ0) is 34.5. The third-order valence-electron chi connectivity index (χ3n) is 7.16. The van der Waals surface area contributed by atoms with Crippen LogP contribution in [-0.4, -0.2) is 69.9 Å². The summed E-state index contributed by atoms with van der Waals surface area (Å²) >= 11 is 0. The first-order chi connectivity index (χ1) is 22.8. The molecule has 3 N–H and O–H groups in total. The van der Waals surface area contributed by atoms with Crippen molar-refractivity contribution >= 4 is 25.7 Å². The number of benzene rings is 2. The predicted octanol–water partition coefficient (Wildman–Crippen LogP) is 3.75. The van der Waals surface area contributed by atoms with Crippen molar-refractivity contribution in [2.45, 2.75) is 62.9 Å². The molecule has 0 bridgehead atoms. The number of alkyl halides is 2. The summed E-state index contributed by atoms with van der Waals surface area (Å²) in [5.74, 6) is -4.89. The lowest BCUT2D eigenvalue weighted by Gasteiger charge is -2.25. The van der Waals surface area contributed by atoms with Crippen LogP contribution in [-0.2, 0) is 39.4 Å². The lowest BCUT2D eigenvalue weighted by molar-refractivity contribution is -0.147. The van der Waals surface area contributed by atoms with Gasteiger partial charge in [0.05, 0.1) is 6.61 Å². The summed E-state index contributed by atoms with van der Waals surface area (Å²) in [6, 6.07) is 16.1. The lowest BCUT2D eigenvalue weighted by atomic mass is 10.0. The standard InChI is InChI=1S/C30H33F2N4O11P/c1-29(2)15-21(25(38)46-29)35-48(41,47-20-11-7-4-8-12-20)43-17-22-24(45-28(40)42-16-19-9-5-3-6-10-19)30(31,32)26(44-22)36-14-13-23(33-18-37)34-27(36)39/h3-14,21-22,24,26,37H,15-18H2,1-2H3,(H,35,41)(H,33,34,39)/t21?,22?,24-,26-,48?/m1/s1. The van der Waals surface area contributed by atoms with Crippen LogP contribution in [0.15, 0.2) is 77.7 Å². The SMILES string of the molecule is CC1(C)CC(NP(=O)(OCC2O[C@@H](n3ccc(NCO)nc3=O)C(F)(F)[C@@H]2OC(=O)OCc2ccccc2)Oc2ccccc2)C(=O)O1. The summed E-state index contributed by atoms with van der Waals surface area (Å²) in [6.07, 6.45) is -7.14. The second-order valence-electron chi connectivity index (χ2n) is 11.4. The number of rotatable bonds is 13. The van der Waals surface area contributed by atoms with Gasteiger partial charge in [0.15, 0.2) is 0 Å². The molecule has 2 aliphatic heterocycles. The van der Waals surface area contributed by atoms with E-state index in [2.05, 4.69) is 15.4 Å². The highest BCUT2D eigenvalue weighted by Crippen LogP contribution is 2.49. The number of carbonyl (C=O) groups excluding carboxylic acids is 2. The molecule has 1 aromatic heterocycles. The molecule has 0 saturated carbocycles. The third-order valence-corrected chi connectivity index (χ3v) is 8.73. The van der Waals surface area contributed by atoms with E-state index in [1.54, 1.807) is 62.4 Å². The fraction of sp³-hybridized carbons (Fsp3) is 0.400. The van der Waals surface area contributed by atoms with Crippen LogP contribution in [0.3, 0.4) is 0 Å². The molecule has 0 amide bonds. The Morgan fingerprint density at radius 1 is 1.10 bits per heavy atom. The number of anilines is 1. The Hall–Kier alpha value is -4.41. The van der Waals surface area contributed by atoms with Crippen molar-refractivity contribution in [3.8, 4) is 5.75 Å². The van der Waals surface area contributed by atoms with Crippen LogP contribution in [0.5, 0.6) is 5.75 Å². The number of ether oxygens (including phenoxy) is 4. The highest BCUT2D eigenvalue weighted by molar-refractivity contribution is 7.52. The maximum absolute atomic E-state index is 16.1. The van der Waals surface area contributed by atoms with Crippen molar-refractivity contribution in [3.05, 3.63) is 89.0 Å². The van der Waals surface area contributed by atoms with Gasteiger partial charge in [-0.15, -0.1) is 0 Å². The number of aromatic nitrogens is 2. The molecule has 5 atom stereocenters. The Balaban J connectivity index is 1.40. The average Bonchev–Trinajstić information content (AvgIpc) is 3.44. The van der Waals surface area contributed by atoms with Crippen LogP contribution in [0.4, 0.5) is 19.4 Å². The molecule has 2 aromatic carbocycles. The molecule has 0 spiro atoms. The van der Waals surface area contributed by atoms with Crippen LogP contribution in [0, 0.1) is 0 Å². The van der Waals surface area contributed by atoms with Crippen molar-refractivity contribution in [2.75, 3.05) is 18.7 Å². The Morgan fingerprint density at radius 2 is 1.79 bits per heavy atom. The zero-order valence-corrected chi connectivity index (χ0v) is 26.6. The lowest BCUT2D eigenvalue weighted by Crippen LogP contribution is -2.45. The molecule has 5 rings (SSSR count). The second kappa shape index (κ2) is 14.4. The van der Waals surface area contributed by atoms with Crippen molar-refractivity contribution in [1.82, 2.24) is 14.6 Å². The van der Waals surface area contributed by atoms with E-state index in [1.165, 1.54) is 12.1 Å². The summed E-state index contributed by atoms with van der Waals surface area (Å²) in [6.45, 7) is 1.46. The first-order valence-electron chi connectivity index (χ1n) is 14.6. The van der Waals surface area contributed by atoms with Gasteiger partial charge in [0.1, 0.15) is 42.7 Å². The minimum Gasteiger partial charge on any atom is -0.458 e. The maximum atomic E-state index is 16.1. The van der Waals surface area contributed by atoms with E-state index in [0.717, 1.165) is 12.3 Å². The van der Waals surface area contributed by atoms with E-state index in [9.17, 15) is 18.9 Å². The van der Waals surface area contributed by atoms with E-state index in [1.807, 2.05) is 0 Å². The van der Waals surface area contributed by atoms with Gasteiger partial charge >= 0.3 is 31.5 Å². The summed E-state index contributed by atoms with van der Waals surface area (Å²) < 4.78 is 78.8. The highest BCUT2D eigenvalue weighted by Gasteiger charge is 2.63. The van der Waals surface area contributed by atoms with Gasteiger partial charge < -0.3 is 33.9 Å². The molecule has 3 aromatic rings. The summed E-state index contributed by atoms with van der Waals surface area (Å²) in [5, 5.41) is 13.9. The number of hydrogen-bond donors (Lipinski definition) is 3. The van der Waals surface area contributed by atoms with E-state index in [0.29, 0.717) is 10.1 Å². The van der Waals surface area contributed by atoms with Gasteiger partial charge in [0.25, 0.3) is 0 Å². The molecule has 48 heavy (non-hydrogen) atoms. The molecule has 15 nitrogen and oxygen atoms in total. The number of esters is 1. The van der Waals surface area contributed by atoms with E-state index >= 15 is 8.78 Å². The number of halogens is 2. The van der Waals surface area contributed by atoms with Crippen molar-refractivity contribution in [1.29, 1.82) is 0 Å². The molecule has 18 heteroatoms. The molecule has 3 unspecified atom stereocenters. The summed E-state index contributed by atoms with van der Waals surface area (Å²) in [7, 11) is -4.57. The van der Waals surface area contributed by atoms with Crippen molar-refractivity contribution in [3.63, 3.8) is 0 Å². The Morgan fingerprint density at radius 3 is 2.42 bits per heavy atom. The highest BCUT2D eigenvalue weighted by atomic mass is 31.2. The number of nitrogens with zero attached hydrogens (tertiary/aromatic N) is 2. The van der Waals surface area contributed by atoms with Crippen molar-refractivity contribution < 1.29 is 56.0 Å². The average molecular weight is 695 g/mol. The van der Waals surface area contributed by atoms with E-state index in [4.69, 9.17) is 33.1 Å². The molecule has 0 radical (unpaired) electrons. The largest absolute Gasteiger partial charge is 0.509 e. The van der Waals surface area contributed by atoms with Gasteiger partial charge in [-0.1, -0.05) is 48.5 Å². The van der Waals surface area contributed by atoms with Gasteiger partial charge in [0, 0.05) is 12.6 Å². The fourth-order valence-corrected chi connectivity index (χ4v) is 6.50. The van der Waals surface area contributed by atoms with Crippen molar-refractivity contribution in [2.24, 2.45) is 0 Å². The second-order valence-corrected chi connectivity index (χ2v) is 13.1. The minimum atomic E-state index is -4.57. The van der Waals surface area contributed by atoms with Gasteiger partial charge in [-0.05, 0) is 37.6 Å².